The minimum atomic E-state index is 0.531. The summed E-state index contributed by atoms with van der Waals surface area (Å²) in [6.07, 6.45) is 1.01. The SMILES string of the molecule is CNc1nc(N2CCc3ccccc32)c(Cl)cc1Cl. The molecule has 0 atom stereocenters. The van der Waals surface area contributed by atoms with Gasteiger partial charge in [-0.15, -0.1) is 0 Å². The van der Waals surface area contributed by atoms with Crippen molar-refractivity contribution in [2.75, 3.05) is 23.8 Å². The summed E-state index contributed by atoms with van der Waals surface area (Å²) in [6.45, 7) is 0.886. The number of nitrogens with one attached hydrogen (secondary N) is 1. The van der Waals surface area contributed by atoms with Crippen molar-refractivity contribution in [1.82, 2.24) is 4.98 Å². The Kier molecular flexibility index (Phi) is 3.25. The van der Waals surface area contributed by atoms with Gasteiger partial charge in [0.2, 0.25) is 0 Å². The number of hydrogen-bond donors (Lipinski definition) is 1. The highest BCUT2D eigenvalue weighted by Crippen LogP contribution is 2.39. The van der Waals surface area contributed by atoms with E-state index in [2.05, 4.69) is 33.4 Å². The van der Waals surface area contributed by atoms with Crippen molar-refractivity contribution in [3.63, 3.8) is 0 Å². The molecule has 0 spiro atoms. The number of anilines is 3. The molecule has 98 valence electrons. The van der Waals surface area contributed by atoms with E-state index in [0.29, 0.717) is 15.9 Å². The van der Waals surface area contributed by atoms with E-state index in [-0.39, 0.29) is 0 Å². The third-order valence-corrected chi connectivity index (χ3v) is 3.86. The zero-order valence-electron chi connectivity index (χ0n) is 10.5. The van der Waals surface area contributed by atoms with E-state index >= 15 is 0 Å². The number of pyridine rings is 1. The zero-order chi connectivity index (χ0) is 13.4. The summed E-state index contributed by atoms with van der Waals surface area (Å²) in [6, 6.07) is 10.0. The Balaban J connectivity index is 2.09. The predicted octanol–water partition coefficient (Wildman–Crippen LogP) is 4.12. The molecule has 0 saturated heterocycles. The van der Waals surface area contributed by atoms with Crippen LogP contribution in [-0.2, 0) is 6.42 Å². The second kappa shape index (κ2) is 4.91. The van der Waals surface area contributed by atoms with Gasteiger partial charge in [-0.1, -0.05) is 41.4 Å². The maximum atomic E-state index is 6.29. The maximum absolute atomic E-state index is 6.29. The summed E-state index contributed by atoms with van der Waals surface area (Å²) in [7, 11) is 1.80. The van der Waals surface area contributed by atoms with Crippen molar-refractivity contribution in [3.8, 4) is 0 Å². The second-order valence-electron chi connectivity index (χ2n) is 4.40. The molecule has 2 heterocycles. The van der Waals surface area contributed by atoms with Gasteiger partial charge in [-0.2, -0.15) is 0 Å². The summed E-state index contributed by atoms with van der Waals surface area (Å²) in [5, 5.41) is 4.08. The number of nitrogens with zero attached hydrogens (tertiary/aromatic N) is 2. The quantitative estimate of drug-likeness (QED) is 0.903. The molecule has 1 aromatic heterocycles. The molecule has 3 nitrogen and oxygen atoms in total. The second-order valence-corrected chi connectivity index (χ2v) is 5.22. The van der Waals surface area contributed by atoms with Crippen LogP contribution in [0.5, 0.6) is 0 Å². The van der Waals surface area contributed by atoms with Gasteiger partial charge in [-0.05, 0) is 24.1 Å². The molecule has 0 amide bonds. The van der Waals surface area contributed by atoms with Gasteiger partial charge >= 0.3 is 0 Å². The van der Waals surface area contributed by atoms with Crippen LogP contribution in [-0.4, -0.2) is 18.6 Å². The fourth-order valence-electron chi connectivity index (χ4n) is 2.38. The summed E-state index contributed by atoms with van der Waals surface area (Å²) in [4.78, 5) is 6.66. The van der Waals surface area contributed by atoms with Crippen LogP contribution in [0.4, 0.5) is 17.3 Å². The molecule has 0 unspecified atom stereocenters. The number of para-hydroxylation sites is 1. The van der Waals surface area contributed by atoms with Crippen molar-refractivity contribution in [1.29, 1.82) is 0 Å². The van der Waals surface area contributed by atoms with Gasteiger partial charge in [0.25, 0.3) is 0 Å². The zero-order valence-corrected chi connectivity index (χ0v) is 12.0. The number of hydrogen-bond acceptors (Lipinski definition) is 3. The lowest BCUT2D eigenvalue weighted by Crippen LogP contribution is -2.16. The third kappa shape index (κ3) is 2.13. The van der Waals surface area contributed by atoms with Gasteiger partial charge in [-0.25, -0.2) is 4.98 Å². The van der Waals surface area contributed by atoms with Crippen LogP contribution in [0.25, 0.3) is 0 Å². The Hall–Kier alpha value is -1.45. The van der Waals surface area contributed by atoms with Gasteiger partial charge in [0.1, 0.15) is 5.82 Å². The molecule has 1 N–H and O–H groups in total. The molecule has 0 bridgehead atoms. The lowest BCUT2D eigenvalue weighted by Gasteiger charge is -2.20. The van der Waals surface area contributed by atoms with Crippen molar-refractivity contribution in [2.45, 2.75) is 6.42 Å². The lowest BCUT2D eigenvalue weighted by molar-refractivity contribution is 0.975. The number of fused-ring (bicyclic) bond motifs is 1. The van der Waals surface area contributed by atoms with Crippen LogP contribution in [0.1, 0.15) is 5.56 Å². The molecule has 2 aromatic rings. The van der Waals surface area contributed by atoms with Gasteiger partial charge in [0.15, 0.2) is 5.82 Å². The molecule has 1 aliphatic rings. The van der Waals surface area contributed by atoms with Crippen LogP contribution in [0.15, 0.2) is 30.3 Å². The number of aromatic nitrogens is 1. The topological polar surface area (TPSA) is 28.2 Å². The fourth-order valence-corrected chi connectivity index (χ4v) is 2.93. The van der Waals surface area contributed by atoms with Crippen molar-refractivity contribution in [3.05, 3.63) is 45.9 Å². The van der Waals surface area contributed by atoms with E-state index in [1.54, 1.807) is 13.1 Å². The van der Waals surface area contributed by atoms with Gasteiger partial charge in [0.05, 0.1) is 10.0 Å². The van der Waals surface area contributed by atoms with Gasteiger partial charge in [-0.3, -0.25) is 0 Å². The highest BCUT2D eigenvalue weighted by Gasteiger charge is 2.23. The minimum Gasteiger partial charge on any atom is -0.372 e. The molecule has 1 aliphatic heterocycles. The molecular formula is C14H13Cl2N3. The number of benzene rings is 1. The first-order valence-corrected chi connectivity index (χ1v) is 6.85. The van der Waals surface area contributed by atoms with Crippen molar-refractivity contribution < 1.29 is 0 Å². The Morgan fingerprint density at radius 3 is 2.79 bits per heavy atom. The van der Waals surface area contributed by atoms with Crippen LogP contribution in [0.3, 0.4) is 0 Å². The average molecular weight is 294 g/mol. The largest absolute Gasteiger partial charge is 0.372 e. The smallest absolute Gasteiger partial charge is 0.154 e. The molecular weight excluding hydrogens is 281 g/mol. The van der Waals surface area contributed by atoms with E-state index in [1.165, 1.54) is 11.3 Å². The summed E-state index contributed by atoms with van der Waals surface area (Å²) < 4.78 is 0. The van der Waals surface area contributed by atoms with E-state index in [9.17, 15) is 0 Å². The monoisotopic (exact) mass is 293 g/mol. The van der Waals surface area contributed by atoms with E-state index in [0.717, 1.165) is 18.8 Å². The van der Waals surface area contributed by atoms with E-state index < -0.39 is 0 Å². The molecule has 3 rings (SSSR count). The molecule has 0 radical (unpaired) electrons. The maximum Gasteiger partial charge on any atom is 0.154 e. The first-order chi connectivity index (χ1) is 9.20. The Morgan fingerprint density at radius 2 is 2.00 bits per heavy atom. The van der Waals surface area contributed by atoms with E-state index in [1.807, 2.05) is 6.07 Å². The average Bonchev–Trinajstić information content (AvgIpc) is 2.83. The standard InChI is InChI=1S/C14H13Cl2N3/c1-17-13-10(15)8-11(16)14(18-13)19-7-6-9-4-2-3-5-12(9)19/h2-5,8H,6-7H2,1H3,(H,17,18). The summed E-state index contributed by atoms with van der Waals surface area (Å²) in [5.41, 5.74) is 2.49. The fraction of sp³-hybridized carbons (Fsp3) is 0.214. The van der Waals surface area contributed by atoms with Gasteiger partial charge < -0.3 is 10.2 Å². The highest BCUT2D eigenvalue weighted by atomic mass is 35.5. The highest BCUT2D eigenvalue weighted by molar-refractivity contribution is 6.37. The molecule has 0 aliphatic carbocycles. The van der Waals surface area contributed by atoms with Crippen LogP contribution in [0.2, 0.25) is 10.0 Å². The normalized spacial score (nSPS) is 13.5. The molecule has 0 saturated carbocycles. The lowest BCUT2D eigenvalue weighted by atomic mass is 10.2. The minimum absolute atomic E-state index is 0.531. The summed E-state index contributed by atoms with van der Waals surface area (Å²) in [5.74, 6) is 1.39. The first-order valence-electron chi connectivity index (χ1n) is 6.10. The number of halogens is 2. The van der Waals surface area contributed by atoms with Gasteiger partial charge in [0, 0.05) is 19.3 Å². The molecule has 0 fully saturated rings. The molecule has 19 heavy (non-hydrogen) atoms. The molecule has 5 heteroatoms. The summed E-state index contributed by atoms with van der Waals surface area (Å²) >= 11 is 12.4. The third-order valence-electron chi connectivity index (χ3n) is 3.29. The predicted molar refractivity (Wildman–Crippen MR) is 81.0 cm³/mol. The van der Waals surface area contributed by atoms with Crippen LogP contribution < -0.4 is 10.2 Å². The van der Waals surface area contributed by atoms with Crippen LogP contribution >= 0.6 is 23.2 Å². The Bertz CT molecular complexity index is 628. The molecule has 1 aromatic carbocycles. The Labute approximate surface area is 122 Å². The van der Waals surface area contributed by atoms with E-state index in [4.69, 9.17) is 23.2 Å². The number of rotatable bonds is 2. The van der Waals surface area contributed by atoms with Crippen molar-refractivity contribution in [2.24, 2.45) is 0 Å². The first kappa shape index (κ1) is 12.6. The van der Waals surface area contributed by atoms with Crippen molar-refractivity contribution >= 4 is 40.5 Å². The van der Waals surface area contributed by atoms with Crippen LogP contribution in [0, 0.1) is 0 Å². The Morgan fingerprint density at radius 1 is 1.21 bits per heavy atom.